The van der Waals surface area contributed by atoms with Gasteiger partial charge < -0.3 is 14.8 Å². The van der Waals surface area contributed by atoms with E-state index < -0.39 is 6.16 Å². The van der Waals surface area contributed by atoms with Crippen molar-refractivity contribution in [1.29, 1.82) is 0 Å². The van der Waals surface area contributed by atoms with Crippen LogP contribution in [0, 0.1) is 0 Å². The van der Waals surface area contributed by atoms with Crippen LogP contribution in [0.1, 0.15) is 19.8 Å². The van der Waals surface area contributed by atoms with Crippen LogP contribution >= 0.6 is 0 Å². The Kier molecular flexibility index (Phi) is 3.87. The van der Waals surface area contributed by atoms with Gasteiger partial charge in [-0.2, -0.15) is 0 Å². The first-order valence-electron chi connectivity index (χ1n) is 4.37. The first-order chi connectivity index (χ1) is 5.83. The largest absolute Gasteiger partial charge is 0.508 e. The number of rotatable bonds is 2. The highest BCUT2D eigenvalue weighted by Crippen LogP contribution is 2.06. The molecule has 0 aromatic rings. The minimum atomic E-state index is -0.550. The van der Waals surface area contributed by atoms with E-state index >= 15 is 0 Å². The van der Waals surface area contributed by atoms with E-state index in [4.69, 9.17) is 4.74 Å². The van der Waals surface area contributed by atoms with Crippen LogP contribution in [0.25, 0.3) is 0 Å². The second-order valence-corrected chi connectivity index (χ2v) is 2.77. The third-order valence-corrected chi connectivity index (χ3v) is 1.78. The van der Waals surface area contributed by atoms with E-state index in [1.165, 1.54) is 0 Å². The highest BCUT2D eigenvalue weighted by atomic mass is 16.7. The van der Waals surface area contributed by atoms with E-state index in [-0.39, 0.29) is 6.10 Å². The van der Waals surface area contributed by atoms with Crippen molar-refractivity contribution in [3.05, 3.63) is 0 Å². The van der Waals surface area contributed by atoms with Crippen molar-refractivity contribution in [2.24, 2.45) is 0 Å². The maximum absolute atomic E-state index is 10.8. The molecule has 0 aromatic carbocycles. The summed E-state index contributed by atoms with van der Waals surface area (Å²) < 4.78 is 9.66. The molecule has 1 saturated heterocycles. The summed E-state index contributed by atoms with van der Waals surface area (Å²) in [6.07, 6.45) is 1.44. The molecule has 0 aromatic heterocycles. The molecule has 0 radical (unpaired) electrons. The number of ether oxygens (including phenoxy) is 2. The molecule has 1 atom stereocenters. The lowest BCUT2D eigenvalue weighted by atomic mass is 10.1. The van der Waals surface area contributed by atoms with Crippen LogP contribution < -0.4 is 5.32 Å². The van der Waals surface area contributed by atoms with Gasteiger partial charge in [0.1, 0.15) is 6.10 Å². The SMILES string of the molecule is CCOC(=O)OC1CCCNC1. The highest BCUT2D eigenvalue weighted by Gasteiger charge is 2.17. The van der Waals surface area contributed by atoms with Crippen molar-refractivity contribution in [1.82, 2.24) is 5.32 Å². The second kappa shape index (κ2) is 4.98. The molecule has 0 spiro atoms. The van der Waals surface area contributed by atoms with Gasteiger partial charge in [-0.15, -0.1) is 0 Å². The van der Waals surface area contributed by atoms with Gasteiger partial charge in [-0.3, -0.25) is 0 Å². The molecule has 4 nitrogen and oxygen atoms in total. The first-order valence-corrected chi connectivity index (χ1v) is 4.37. The van der Waals surface area contributed by atoms with Crippen LogP contribution in [0.5, 0.6) is 0 Å². The number of carbonyl (C=O) groups excluding carboxylic acids is 1. The van der Waals surface area contributed by atoms with Crippen molar-refractivity contribution < 1.29 is 14.3 Å². The molecule has 1 aliphatic heterocycles. The van der Waals surface area contributed by atoms with Gasteiger partial charge in [-0.25, -0.2) is 4.79 Å². The van der Waals surface area contributed by atoms with E-state index in [0.717, 1.165) is 25.9 Å². The second-order valence-electron chi connectivity index (χ2n) is 2.77. The topological polar surface area (TPSA) is 47.6 Å². The third kappa shape index (κ3) is 3.09. The molecule has 4 heteroatoms. The first kappa shape index (κ1) is 9.32. The average Bonchev–Trinajstić information content (AvgIpc) is 2.06. The maximum atomic E-state index is 10.8. The van der Waals surface area contributed by atoms with E-state index in [9.17, 15) is 4.79 Å². The Morgan fingerprint density at radius 3 is 3.08 bits per heavy atom. The lowest BCUT2D eigenvalue weighted by molar-refractivity contribution is 0.0185. The quantitative estimate of drug-likeness (QED) is 0.630. The Balaban J connectivity index is 2.15. The van der Waals surface area contributed by atoms with Crippen molar-refractivity contribution in [2.75, 3.05) is 19.7 Å². The van der Waals surface area contributed by atoms with Crippen molar-refractivity contribution >= 4 is 6.16 Å². The molecule has 1 rings (SSSR count). The van der Waals surface area contributed by atoms with Crippen LogP contribution in [0.4, 0.5) is 4.79 Å². The van der Waals surface area contributed by atoms with Crippen LogP contribution in [0.2, 0.25) is 0 Å². The monoisotopic (exact) mass is 173 g/mol. The highest BCUT2D eigenvalue weighted by molar-refractivity contribution is 5.60. The van der Waals surface area contributed by atoms with Crippen LogP contribution in [-0.2, 0) is 9.47 Å². The summed E-state index contributed by atoms with van der Waals surface area (Å²) in [6, 6.07) is 0. The minimum Gasteiger partial charge on any atom is -0.435 e. The Bertz CT molecular complexity index is 143. The van der Waals surface area contributed by atoms with E-state index in [0.29, 0.717) is 6.61 Å². The number of nitrogens with one attached hydrogen (secondary N) is 1. The molecule has 70 valence electrons. The Hall–Kier alpha value is -0.770. The number of hydrogen-bond donors (Lipinski definition) is 1. The van der Waals surface area contributed by atoms with Gasteiger partial charge in [-0.1, -0.05) is 0 Å². The summed E-state index contributed by atoms with van der Waals surface area (Å²) in [7, 11) is 0. The minimum absolute atomic E-state index is 0.00204. The fourth-order valence-corrected chi connectivity index (χ4v) is 1.21. The van der Waals surface area contributed by atoms with Crippen molar-refractivity contribution in [3.8, 4) is 0 Å². The van der Waals surface area contributed by atoms with Crippen LogP contribution in [-0.4, -0.2) is 32.0 Å². The van der Waals surface area contributed by atoms with Gasteiger partial charge in [0, 0.05) is 6.54 Å². The zero-order valence-corrected chi connectivity index (χ0v) is 7.34. The van der Waals surface area contributed by atoms with Crippen molar-refractivity contribution in [2.45, 2.75) is 25.9 Å². The Morgan fingerprint density at radius 2 is 2.50 bits per heavy atom. The molecular formula is C8H15NO3. The molecule has 1 fully saturated rings. The summed E-state index contributed by atoms with van der Waals surface area (Å²) in [5.74, 6) is 0. The predicted molar refractivity (Wildman–Crippen MR) is 44.0 cm³/mol. The van der Waals surface area contributed by atoms with Gasteiger partial charge in [0.2, 0.25) is 0 Å². The smallest absolute Gasteiger partial charge is 0.435 e. The summed E-state index contributed by atoms with van der Waals surface area (Å²) >= 11 is 0. The van der Waals surface area contributed by atoms with Crippen LogP contribution in [0.3, 0.4) is 0 Å². The zero-order valence-electron chi connectivity index (χ0n) is 7.34. The molecule has 0 saturated carbocycles. The molecule has 12 heavy (non-hydrogen) atoms. The summed E-state index contributed by atoms with van der Waals surface area (Å²) in [6.45, 7) is 3.90. The molecule has 1 heterocycles. The predicted octanol–water partition coefficient (Wildman–Crippen LogP) is 0.911. The van der Waals surface area contributed by atoms with E-state index in [1.54, 1.807) is 6.92 Å². The molecule has 1 N–H and O–H groups in total. The molecular weight excluding hydrogens is 158 g/mol. The molecule has 0 aliphatic carbocycles. The van der Waals surface area contributed by atoms with Gasteiger partial charge >= 0.3 is 6.16 Å². The average molecular weight is 173 g/mol. The normalized spacial score (nSPS) is 23.2. The van der Waals surface area contributed by atoms with E-state index in [1.807, 2.05) is 0 Å². The molecule has 1 unspecified atom stereocenters. The van der Waals surface area contributed by atoms with Gasteiger partial charge in [-0.05, 0) is 26.3 Å². The fourth-order valence-electron chi connectivity index (χ4n) is 1.21. The van der Waals surface area contributed by atoms with Gasteiger partial charge in [0.15, 0.2) is 0 Å². The lowest BCUT2D eigenvalue weighted by Crippen LogP contribution is -2.36. The Labute approximate surface area is 72.2 Å². The number of piperidine rings is 1. The van der Waals surface area contributed by atoms with Crippen LogP contribution in [0.15, 0.2) is 0 Å². The number of carbonyl (C=O) groups is 1. The molecule has 0 bridgehead atoms. The summed E-state index contributed by atoms with van der Waals surface area (Å²) in [5.41, 5.74) is 0. The standard InChI is InChI=1S/C8H15NO3/c1-2-11-8(10)12-7-4-3-5-9-6-7/h7,9H,2-6H2,1H3. The van der Waals surface area contributed by atoms with Gasteiger partial charge in [0.05, 0.1) is 6.61 Å². The fraction of sp³-hybridized carbons (Fsp3) is 0.875. The van der Waals surface area contributed by atoms with Gasteiger partial charge in [0.25, 0.3) is 0 Å². The summed E-state index contributed by atoms with van der Waals surface area (Å²) in [5, 5.41) is 3.15. The van der Waals surface area contributed by atoms with Crippen molar-refractivity contribution in [3.63, 3.8) is 0 Å². The molecule has 1 aliphatic rings. The third-order valence-electron chi connectivity index (χ3n) is 1.78. The maximum Gasteiger partial charge on any atom is 0.508 e. The summed E-state index contributed by atoms with van der Waals surface area (Å²) in [4.78, 5) is 10.8. The molecule has 0 amide bonds. The Morgan fingerprint density at radius 1 is 1.67 bits per heavy atom. The lowest BCUT2D eigenvalue weighted by Gasteiger charge is -2.22. The zero-order chi connectivity index (χ0) is 8.81. The van der Waals surface area contributed by atoms with E-state index in [2.05, 4.69) is 10.1 Å². The number of hydrogen-bond acceptors (Lipinski definition) is 4.